The average molecular weight is 508 g/mol. The molecule has 0 saturated heterocycles. The van der Waals surface area contributed by atoms with Crippen molar-refractivity contribution in [2.45, 2.75) is 20.4 Å². The molecule has 0 aliphatic heterocycles. The third-order valence-corrected chi connectivity index (χ3v) is 6.60. The van der Waals surface area contributed by atoms with E-state index in [2.05, 4.69) is 9.97 Å². The van der Waals surface area contributed by atoms with Gasteiger partial charge in [0, 0.05) is 5.56 Å². The Kier molecular flexibility index (Phi) is 5.37. The normalized spacial score (nSPS) is 11.4. The van der Waals surface area contributed by atoms with Gasteiger partial charge in [0.25, 0.3) is 5.56 Å². The number of nitrogens with zero attached hydrogens (tertiary/aromatic N) is 6. The second kappa shape index (κ2) is 8.77. The summed E-state index contributed by atoms with van der Waals surface area (Å²) in [6.07, 6.45) is 1.33. The summed E-state index contributed by atoms with van der Waals surface area (Å²) in [5, 5.41) is 15.7. The van der Waals surface area contributed by atoms with Gasteiger partial charge in [-0.05, 0) is 55.3 Å². The number of para-hydroxylation sites is 1. The van der Waals surface area contributed by atoms with Crippen LogP contribution in [0.25, 0.3) is 38.9 Å². The minimum atomic E-state index is -0.750. The van der Waals surface area contributed by atoms with Gasteiger partial charge in [0.05, 0.1) is 22.0 Å². The van der Waals surface area contributed by atoms with E-state index < -0.39 is 11.6 Å². The summed E-state index contributed by atoms with van der Waals surface area (Å²) >= 11 is 0. The Morgan fingerprint density at radius 2 is 1.76 bits per heavy atom. The molecule has 0 bridgehead atoms. The highest BCUT2D eigenvalue weighted by molar-refractivity contribution is 5.98. The van der Waals surface area contributed by atoms with Crippen LogP contribution in [-0.4, -0.2) is 34.4 Å². The Morgan fingerprint density at radius 1 is 0.974 bits per heavy atom. The summed E-state index contributed by atoms with van der Waals surface area (Å²) < 4.78 is 17.0. The summed E-state index contributed by atoms with van der Waals surface area (Å²) in [7, 11) is 0. The molecule has 0 amide bonds. The SMILES string of the molecule is Cc1ccccc1-n1c(Cn2nc(-c3ccc(F)c(O)c3)c3c(N)ncnc32)nc2cccc(C)c2c1=O. The first-order valence-electron chi connectivity index (χ1n) is 11.9. The number of fused-ring (bicyclic) bond motifs is 2. The van der Waals surface area contributed by atoms with Gasteiger partial charge in [-0.15, -0.1) is 0 Å². The monoisotopic (exact) mass is 507 g/mol. The molecule has 0 aliphatic carbocycles. The first-order chi connectivity index (χ1) is 18.3. The standard InChI is InChI=1S/C28H22FN7O2/c1-15-6-3-4-9-20(15)36-22(33-19-8-5-7-16(2)23(19)28(36)38)13-35-27-24(26(30)31-14-32-27)25(34-35)17-10-11-18(29)21(37)12-17/h3-12,14,37H,13H2,1-2H3,(H2,30,31,32). The molecule has 0 fully saturated rings. The summed E-state index contributed by atoms with van der Waals surface area (Å²) in [5.74, 6) is -0.642. The maximum Gasteiger partial charge on any atom is 0.266 e. The average Bonchev–Trinajstić information content (AvgIpc) is 3.26. The van der Waals surface area contributed by atoms with Crippen LogP contribution >= 0.6 is 0 Å². The number of hydrogen-bond donors (Lipinski definition) is 2. The summed E-state index contributed by atoms with van der Waals surface area (Å²) in [6, 6.07) is 17.1. The predicted molar refractivity (Wildman–Crippen MR) is 143 cm³/mol. The number of phenols is 1. The van der Waals surface area contributed by atoms with Crippen LogP contribution in [0.5, 0.6) is 5.75 Å². The highest BCUT2D eigenvalue weighted by Crippen LogP contribution is 2.33. The number of aryl methyl sites for hydroxylation is 2. The van der Waals surface area contributed by atoms with E-state index in [1.165, 1.54) is 18.5 Å². The van der Waals surface area contributed by atoms with E-state index in [-0.39, 0.29) is 17.9 Å². The summed E-state index contributed by atoms with van der Waals surface area (Å²) in [5.41, 5.74) is 10.3. The fraction of sp³-hybridized carbons (Fsp3) is 0.107. The van der Waals surface area contributed by atoms with Crippen LogP contribution < -0.4 is 11.3 Å². The van der Waals surface area contributed by atoms with Gasteiger partial charge >= 0.3 is 0 Å². The first kappa shape index (κ1) is 23.3. The van der Waals surface area contributed by atoms with E-state index in [0.717, 1.165) is 17.2 Å². The number of benzene rings is 3. The van der Waals surface area contributed by atoms with Gasteiger partial charge in [-0.1, -0.05) is 30.3 Å². The van der Waals surface area contributed by atoms with Crippen molar-refractivity contribution in [2.75, 3.05) is 5.73 Å². The second-order valence-electron chi connectivity index (χ2n) is 9.05. The van der Waals surface area contributed by atoms with Gasteiger partial charge in [-0.25, -0.2) is 24.0 Å². The topological polar surface area (TPSA) is 125 Å². The van der Waals surface area contributed by atoms with Gasteiger partial charge in [0.15, 0.2) is 17.2 Å². The Balaban J connectivity index is 1.62. The maximum atomic E-state index is 13.9. The Bertz CT molecular complexity index is 1940. The van der Waals surface area contributed by atoms with Crippen LogP contribution in [0.4, 0.5) is 10.2 Å². The highest BCUT2D eigenvalue weighted by Gasteiger charge is 2.21. The minimum absolute atomic E-state index is 0.0770. The maximum absolute atomic E-state index is 13.9. The Labute approximate surface area is 215 Å². The van der Waals surface area contributed by atoms with Crippen LogP contribution in [0.1, 0.15) is 17.0 Å². The van der Waals surface area contributed by atoms with Crippen molar-refractivity contribution in [1.82, 2.24) is 29.3 Å². The molecule has 3 aromatic carbocycles. The Hall–Kier alpha value is -5.12. The van der Waals surface area contributed by atoms with Crippen molar-refractivity contribution < 1.29 is 9.50 Å². The summed E-state index contributed by atoms with van der Waals surface area (Å²) in [4.78, 5) is 27.3. The van der Waals surface area contributed by atoms with E-state index in [4.69, 9.17) is 15.8 Å². The molecule has 188 valence electrons. The number of aromatic nitrogens is 6. The van der Waals surface area contributed by atoms with Crippen molar-refractivity contribution in [3.63, 3.8) is 0 Å². The number of nitrogens with two attached hydrogens (primary N) is 1. The molecule has 0 radical (unpaired) electrons. The highest BCUT2D eigenvalue weighted by atomic mass is 19.1. The second-order valence-corrected chi connectivity index (χ2v) is 9.05. The lowest BCUT2D eigenvalue weighted by Gasteiger charge is -2.16. The number of aromatic hydroxyl groups is 1. The van der Waals surface area contributed by atoms with Gasteiger partial charge in [-0.3, -0.25) is 9.36 Å². The van der Waals surface area contributed by atoms with Crippen molar-refractivity contribution in [1.29, 1.82) is 0 Å². The van der Waals surface area contributed by atoms with Gasteiger partial charge in [0.2, 0.25) is 0 Å². The number of anilines is 1. The van der Waals surface area contributed by atoms with Crippen LogP contribution in [-0.2, 0) is 6.54 Å². The Morgan fingerprint density at radius 3 is 2.55 bits per heavy atom. The number of rotatable bonds is 4. The molecule has 3 aromatic heterocycles. The third kappa shape index (κ3) is 3.65. The molecule has 0 aliphatic rings. The molecule has 6 rings (SSSR count). The molecular formula is C28H22FN7O2. The van der Waals surface area contributed by atoms with Gasteiger partial charge < -0.3 is 10.8 Å². The van der Waals surface area contributed by atoms with E-state index in [0.29, 0.717) is 44.7 Å². The van der Waals surface area contributed by atoms with Crippen molar-refractivity contribution in [3.05, 3.63) is 100 Å². The molecule has 38 heavy (non-hydrogen) atoms. The van der Waals surface area contributed by atoms with Crippen LogP contribution in [0.15, 0.2) is 71.8 Å². The van der Waals surface area contributed by atoms with E-state index in [1.54, 1.807) is 9.25 Å². The van der Waals surface area contributed by atoms with Crippen LogP contribution in [0.2, 0.25) is 0 Å². The molecule has 0 atom stereocenters. The minimum Gasteiger partial charge on any atom is -0.505 e. The molecule has 3 heterocycles. The fourth-order valence-electron chi connectivity index (χ4n) is 4.75. The fourth-order valence-corrected chi connectivity index (χ4v) is 4.75. The zero-order valence-corrected chi connectivity index (χ0v) is 20.6. The number of halogens is 1. The first-order valence-corrected chi connectivity index (χ1v) is 11.9. The number of phenolic OH excluding ortho intramolecular Hbond substituents is 1. The largest absolute Gasteiger partial charge is 0.505 e. The summed E-state index contributed by atoms with van der Waals surface area (Å²) in [6.45, 7) is 3.90. The number of hydrogen-bond acceptors (Lipinski definition) is 7. The van der Waals surface area contributed by atoms with Crippen molar-refractivity contribution >= 4 is 27.8 Å². The molecule has 0 unspecified atom stereocenters. The zero-order valence-electron chi connectivity index (χ0n) is 20.6. The van der Waals surface area contributed by atoms with Crippen LogP contribution in [0.3, 0.4) is 0 Å². The van der Waals surface area contributed by atoms with E-state index in [9.17, 15) is 14.3 Å². The lowest BCUT2D eigenvalue weighted by Crippen LogP contribution is -2.26. The molecule has 0 spiro atoms. The molecule has 6 aromatic rings. The van der Waals surface area contributed by atoms with Gasteiger partial charge in [0.1, 0.15) is 30.2 Å². The predicted octanol–water partition coefficient (Wildman–Crippen LogP) is 4.28. The molecule has 10 heteroatoms. The van der Waals surface area contributed by atoms with Gasteiger partial charge in [-0.2, -0.15) is 5.10 Å². The van der Waals surface area contributed by atoms with E-state index in [1.807, 2.05) is 56.3 Å². The van der Waals surface area contributed by atoms with Crippen molar-refractivity contribution in [2.24, 2.45) is 0 Å². The number of nitrogen functional groups attached to an aromatic ring is 1. The smallest absolute Gasteiger partial charge is 0.266 e. The quantitative estimate of drug-likeness (QED) is 0.365. The van der Waals surface area contributed by atoms with Crippen LogP contribution in [0, 0.1) is 19.7 Å². The zero-order chi connectivity index (χ0) is 26.6. The van der Waals surface area contributed by atoms with Crippen molar-refractivity contribution in [3.8, 4) is 22.7 Å². The molecular weight excluding hydrogens is 485 g/mol. The molecule has 0 saturated carbocycles. The lowest BCUT2D eigenvalue weighted by molar-refractivity contribution is 0.432. The molecule has 9 nitrogen and oxygen atoms in total. The lowest BCUT2D eigenvalue weighted by atomic mass is 10.1. The molecule has 3 N–H and O–H groups in total. The third-order valence-electron chi connectivity index (χ3n) is 6.60. The van der Waals surface area contributed by atoms with E-state index >= 15 is 0 Å².